The Hall–Kier alpha value is 0.0600. The van der Waals surface area contributed by atoms with Crippen LogP contribution in [-0.2, 0) is 10.8 Å². The van der Waals surface area contributed by atoms with Crippen LogP contribution in [0.15, 0.2) is 9.98 Å². The molecule has 1 saturated carbocycles. The first-order valence-electron chi connectivity index (χ1n) is 4.31. The molecule has 6 heteroatoms. The zero-order valence-electron chi connectivity index (χ0n) is 7.75. The van der Waals surface area contributed by atoms with Crippen molar-refractivity contribution in [3.8, 4) is 0 Å². The largest absolute Gasteiger partial charge is 0.360 e. The fraction of sp³-hybridized carbons (Fsp3) is 0.625. The predicted molar refractivity (Wildman–Crippen MR) is 64.3 cm³/mol. The predicted octanol–water partition coefficient (Wildman–Crippen LogP) is 2.23. The van der Waals surface area contributed by atoms with E-state index < -0.39 is 10.8 Å². The Balaban J connectivity index is 1.92. The second-order valence-electron chi connectivity index (χ2n) is 3.47. The van der Waals surface area contributed by atoms with Crippen LogP contribution in [0.25, 0.3) is 0 Å². The van der Waals surface area contributed by atoms with E-state index in [2.05, 4.69) is 26.2 Å². The summed E-state index contributed by atoms with van der Waals surface area (Å²) in [6, 6.07) is 0. The molecular formula is C8H11BrN2OS2. The number of anilines is 1. The standard InChI is InChI=1S/C8H11BrN2OS2/c1-14(12)8(2-3-8)5-10-7-11-6(9)4-13-7/h4H,2-3,5H2,1H3,(H,10,11). The minimum absolute atomic E-state index is 0.0259. The third kappa shape index (κ3) is 2.17. The third-order valence-corrected chi connectivity index (χ3v) is 5.74. The lowest BCUT2D eigenvalue weighted by atomic mass is 10.4. The fourth-order valence-corrected chi connectivity index (χ4v) is 3.37. The Morgan fingerprint density at radius 2 is 2.50 bits per heavy atom. The van der Waals surface area contributed by atoms with Crippen molar-refractivity contribution in [3.63, 3.8) is 0 Å². The van der Waals surface area contributed by atoms with Gasteiger partial charge in [-0.15, -0.1) is 11.3 Å². The molecule has 1 unspecified atom stereocenters. The summed E-state index contributed by atoms with van der Waals surface area (Å²) >= 11 is 4.86. The quantitative estimate of drug-likeness (QED) is 0.926. The van der Waals surface area contributed by atoms with Crippen LogP contribution in [0.4, 0.5) is 5.13 Å². The molecule has 78 valence electrons. The molecule has 0 aromatic carbocycles. The Bertz CT molecular complexity index is 362. The van der Waals surface area contributed by atoms with Crippen molar-refractivity contribution < 1.29 is 4.21 Å². The monoisotopic (exact) mass is 294 g/mol. The van der Waals surface area contributed by atoms with Crippen molar-refractivity contribution in [2.45, 2.75) is 17.6 Å². The van der Waals surface area contributed by atoms with E-state index in [1.165, 1.54) is 0 Å². The van der Waals surface area contributed by atoms with Gasteiger partial charge < -0.3 is 5.32 Å². The molecule has 14 heavy (non-hydrogen) atoms. The van der Waals surface area contributed by atoms with Crippen LogP contribution in [0, 0.1) is 0 Å². The van der Waals surface area contributed by atoms with E-state index in [-0.39, 0.29) is 4.75 Å². The Kier molecular flexibility index (Phi) is 2.95. The Morgan fingerprint density at radius 1 is 1.79 bits per heavy atom. The van der Waals surface area contributed by atoms with E-state index in [0.717, 1.165) is 29.1 Å². The van der Waals surface area contributed by atoms with Gasteiger partial charge >= 0.3 is 0 Å². The lowest BCUT2D eigenvalue weighted by Gasteiger charge is -2.11. The highest BCUT2D eigenvalue weighted by atomic mass is 79.9. The summed E-state index contributed by atoms with van der Waals surface area (Å²) in [6.07, 6.45) is 3.91. The van der Waals surface area contributed by atoms with E-state index in [1.54, 1.807) is 17.6 Å². The number of aromatic nitrogens is 1. The molecule has 1 N–H and O–H groups in total. The molecule has 1 aromatic rings. The van der Waals surface area contributed by atoms with Crippen LogP contribution >= 0.6 is 27.3 Å². The number of hydrogen-bond donors (Lipinski definition) is 1. The number of hydrogen-bond acceptors (Lipinski definition) is 4. The van der Waals surface area contributed by atoms with Crippen LogP contribution < -0.4 is 5.32 Å². The fourth-order valence-electron chi connectivity index (χ4n) is 1.28. The van der Waals surface area contributed by atoms with Gasteiger partial charge in [0.25, 0.3) is 0 Å². The lowest BCUT2D eigenvalue weighted by Crippen LogP contribution is -2.25. The van der Waals surface area contributed by atoms with E-state index in [4.69, 9.17) is 0 Å². The molecule has 0 radical (unpaired) electrons. The summed E-state index contributed by atoms with van der Waals surface area (Å²) in [5, 5.41) is 6.07. The second kappa shape index (κ2) is 3.90. The van der Waals surface area contributed by atoms with Gasteiger partial charge in [0.1, 0.15) is 4.60 Å². The van der Waals surface area contributed by atoms with Crippen molar-refractivity contribution in [2.24, 2.45) is 0 Å². The Labute approximate surface area is 97.9 Å². The maximum Gasteiger partial charge on any atom is 0.183 e. The molecule has 0 bridgehead atoms. The van der Waals surface area contributed by atoms with Crippen LogP contribution in [0.3, 0.4) is 0 Å². The minimum Gasteiger partial charge on any atom is -0.360 e. The average molecular weight is 295 g/mol. The van der Waals surface area contributed by atoms with Crippen LogP contribution in [0.1, 0.15) is 12.8 Å². The molecule has 2 rings (SSSR count). The molecule has 1 fully saturated rings. The summed E-state index contributed by atoms with van der Waals surface area (Å²) in [6.45, 7) is 0.774. The van der Waals surface area contributed by atoms with Crippen molar-refractivity contribution >= 4 is 43.2 Å². The number of nitrogens with zero attached hydrogens (tertiary/aromatic N) is 1. The molecule has 0 amide bonds. The molecule has 0 spiro atoms. The van der Waals surface area contributed by atoms with Crippen LogP contribution in [0.5, 0.6) is 0 Å². The van der Waals surface area contributed by atoms with E-state index in [0.29, 0.717) is 0 Å². The highest BCUT2D eigenvalue weighted by Crippen LogP contribution is 2.41. The van der Waals surface area contributed by atoms with Crippen molar-refractivity contribution in [2.75, 3.05) is 18.1 Å². The van der Waals surface area contributed by atoms with Gasteiger partial charge in [0, 0.05) is 29.0 Å². The first-order valence-corrected chi connectivity index (χ1v) is 7.54. The summed E-state index contributed by atoms with van der Waals surface area (Å²) in [5.41, 5.74) is 0. The van der Waals surface area contributed by atoms with Gasteiger partial charge in [0.05, 0.1) is 4.75 Å². The molecule has 0 saturated heterocycles. The van der Waals surface area contributed by atoms with Crippen molar-refractivity contribution in [1.29, 1.82) is 0 Å². The number of thiazole rings is 1. The number of nitrogens with one attached hydrogen (secondary N) is 1. The normalized spacial score (nSPS) is 20.4. The molecular weight excluding hydrogens is 284 g/mol. The summed E-state index contributed by atoms with van der Waals surface area (Å²) in [4.78, 5) is 4.23. The molecule has 1 aromatic heterocycles. The van der Waals surface area contributed by atoms with Crippen molar-refractivity contribution in [1.82, 2.24) is 4.98 Å². The maximum absolute atomic E-state index is 11.4. The van der Waals surface area contributed by atoms with Crippen LogP contribution in [0.2, 0.25) is 0 Å². The first-order chi connectivity index (χ1) is 6.62. The zero-order chi connectivity index (χ0) is 10.2. The van der Waals surface area contributed by atoms with Gasteiger partial charge in [0.2, 0.25) is 0 Å². The summed E-state index contributed by atoms with van der Waals surface area (Å²) < 4.78 is 12.3. The minimum atomic E-state index is -0.729. The first kappa shape index (κ1) is 10.6. The molecule has 3 nitrogen and oxygen atoms in total. The number of halogens is 1. The Morgan fingerprint density at radius 3 is 2.93 bits per heavy atom. The van der Waals surface area contributed by atoms with Crippen LogP contribution in [-0.4, -0.2) is 26.7 Å². The highest BCUT2D eigenvalue weighted by molar-refractivity contribution is 9.10. The topological polar surface area (TPSA) is 42.0 Å². The summed E-state index contributed by atoms with van der Waals surface area (Å²) in [5.74, 6) is 0. The second-order valence-corrected chi connectivity index (χ2v) is 6.91. The van der Waals surface area contributed by atoms with Gasteiger partial charge in [-0.2, -0.15) is 0 Å². The molecule has 1 heterocycles. The maximum atomic E-state index is 11.4. The van der Waals surface area contributed by atoms with Gasteiger partial charge in [-0.3, -0.25) is 4.21 Å². The molecule has 1 aliphatic rings. The van der Waals surface area contributed by atoms with Gasteiger partial charge in [-0.1, -0.05) is 0 Å². The van der Waals surface area contributed by atoms with Gasteiger partial charge in [0.15, 0.2) is 5.13 Å². The van der Waals surface area contributed by atoms with E-state index in [9.17, 15) is 4.21 Å². The highest BCUT2D eigenvalue weighted by Gasteiger charge is 2.46. The molecule has 1 aliphatic carbocycles. The zero-order valence-corrected chi connectivity index (χ0v) is 11.0. The van der Waals surface area contributed by atoms with E-state index >= 15 is 0 Å². The number of rotatable bonds is 4. The molecule has 0 aliphatic heterocycles. The lowest BCUT2D eigenvalue weighted by molar-refractivity contribution is 0.674. The van der Waals surface area contributed by atoms with Crippen molar-refractivity contribution in [3.05, 3.63) is 9.98 Å². The average Bonchev–Trinajstić information content (AvgIpc) is 2.82. The SMILES string of the molecule is CS(=O)C1(CNc2nc(Br)cs2)CC1. The van der Waals surface area contributed by atoms with Gasteiger partial charge in [-0.05, 0) is 28.8 Å². The van der Waals surface area contributed by atoms with E-state index in [1.807, 2.05) is 5.38 Å². The van der Waals surface area contributed by atoms with Gasteiger partial charge in [-0.25, -0.2) is 4.98 Å². The third-order valence-electron chi connectivity index (χ3n) is 2.46. The summed E-state index contributed by atoms with van der Waals surface area (Å²) in [7, 11) is -0.729. The molecule has 1 atom stereocenters. The smallest absolute Gasteiger partial charge is 0.183 e.